The molecule has 0 saturated carbocycles. The fraction of sp³-hybridized carbons (Fsp3) is 0.444. The standard InChI is InChI=1S/C18H22O7/c1-2-3-4-5-10-23-16-15(20)14-12(17(21)24-11-9-19)7-6-8-13(14)25-18(16)22/h6-8,19-20H,2-5,9-11H2,1H3. The number of fused-ring (bicyclic) bond motifs is 1. The number of carbonyl (C=O) groups is 1. The van der Waals surface area contributed by atoms with Crippen LogP contribution in [0.2, 0.25) is 0 Å². The first-order chi connectivity index (χ1) is 12.1. The molecule has 1 aromatic carbocycles. The van der Waals surface area contributed by atoms with E-state index >= 15 is 0 Å². The van der Waals surface area contributed by atoms with Gasteiger partial charge in [-0.1, -0.05) is 32.3 Å². The normalized spacial score (nSPS) is 10.8. The lowest BCUT2D eigenvalue weighted by atomic mass is 10.1. The van der Waals surface area contributed by atoms with Crippen molar-refractivity contribution in [1.29, 1.82) is 0 Å². The van der Waals surface area contributed by atoms with E-state index in [1.165, 1.54) is 18.2 Å². The Balaban J connectivity index is 2.34. The highest BCUT2D eigenvalue weighted by atomic mass is 16.5. The number of rotatable bonds is 9. The molecule has 7 heteroatoms. The first-order valence-electron chi connectivity index (χ1n) is 8.29. The van der Waals surface area contributed by atoms with Crippen molar-refractivity contribution in [2.75, 3.05) is 19.8 Å². The van der Waals surface area contributed by atoms with Crippen molar-refractivity contribution in [2.45, 2.75) is 32.6 Å². The summed E-state index contributed by atoms with van der Waals surface area (Å²) < 4.78 is 15.4. The summed E-state index contributed by atoms with van der Waals surface area (Å²) in [6, 6.07) is 4.41. The van der Waals surface area contributed by atoms with Crippen LogP contribution >= 0.6 is 0 Å². The molecule has 0 atom stereocenters. The van der Waals surface area contributed by atoms with E-state index < -0.39 is 17.3 Å². The topological polar surface area (TPSA) is 106 Å². The molecule has 2 N–H and O–H groups in total. The number of hydrogen-bond acceptors (Lipinski definition) is 7. The smallest absolute Gasteiger partial charge is 0.383 e. The highest BCUT2D eigenvalue weighted by Gasteiger charge is 2.21. The third-order valence-corrected chi connectivity index (χ3v) is 3.65. The molecule has 0 bridgehead atoms. The Morgan fingerprint density at radius 3 is 2.72 bits per heavy atom. The van der Waals surface area contributed by atoms with Crippen molar-refractivity contribution in [3.63, 3.8) is 0 Å². The van der Waals surface area contributed by atoms with Gasteiger partial charge in [-0.2, -0.15) is 0 Å². The van der Waals surface area contributed by atoms with Gasteiger partial charge in [0.05, 0.1) is 24.2 Å². The molecule has 0 unspecified atom stereocenters. The minimum Gasteiger partial charge on any atom is -0.504 e. The number of aliphatic hydroxyl groups is 1. The minimum absolute atomic E-state index is 0.0306. The van der Waals surface area contributed by atoms with E-state index in [-0.39, 0.29) is 42.1 Å². The number of benzene rings is 1. The molecule has 0 amide bonds. The van der Waals surface area contributed by atoms with Crippen LogP contribution in [0.15, 0.2) is 27.4 Å². The zero-order chi connectivity index (χ0) is 18.2. The van der Waals surface area contributed by atoms with Crippen LogP contribution in [-0.2, 0) is 4.74 Å². The van der Waals surface area contributed by atoms with Crippen LogP contribution in [-0.4, -0.2) is 36.0 Å². The molecule has 2 aromatic rings. The van der Waals surface area contributed by atoms with Gasteiger partial charge in [0.15, 0.2) is 5.75 Å². The molecule has 0 saturated heterocycles. The molecule has 2 rings (SSSR count). The summed E-state index contributed by atoms with van der Waals surface area (Å²) in [6.07, 6.45) is 3.82. The van der Waals surface area contributed by atoms with Crippen LogP contribution in [0.25, 0.3) is 11.0 Å². The van der Waals surface area contributed by atoms with Gasteiger partial charge in [0.2, 0.25) is 5.75 Å². The Morgan fingerprint density at radius 1 is 1.20 bits per heavy atom. The first-order valence-corrected chi connectivity index (χ1v) is 8.29. The van der Waals surface area contributed by atoms with E-state index in [1.54, 1.807) is 0 Å². The fourth-order valence-electron chi connectivity index (χ4n) is 2.43. The van der Waals surface area contributed by atoms with E-state index in [4.69, 9.17) is 19.0 Å². The summed E-state index contributed by atoms with van der Waals surface area (Å²) in [7, 11) is 0. The van der Waals surface area contributed by atoms with Crippen molar-refractivity contribution in [3.05, 3.63) is 34.2 Å². The molecule has 0 radical (unpaired) electrons. The van der Waals surface area contributed by atoms with Crippen LogP contribution in [0.5, 0.6) is 11.5 Å². The second kappa shape index (κ2) is 9.08. The van der Waals surface area contributed by atoms with Gasteiger partial charge >= 0.3 is 11.6 Å². The summed E-state index contributed by atoms with van der Waals surface area (Å²) in [5.74, 6) is -1.50. The SMILES string of the molecule is CCCCCCOc1c(O)c2c(C(=O)OCCO)cccc2oc1=O. The number of aromatic hydroxyl groups is 1. The zero-order valence-electron chi connectivity index (χ0n) is 14.1. The van der Waals surface area contributed by atoms with Gasteiger partial charge < -0.3 is 24.1 Å². The Labute approximate surface area is 144 Å². The average Bonchev–Trinajstić information content (AvgIpc) is 2.61. The molecule has 0 fully saturated rings. The largest absolute Gasteiger partial charge is 0.504 e. The number of unbranched alkanes of at least 4 members (excludes halogenated alkanes) is 3. The number of hydrogen-bond donors (Lipinski definition) is 2. The number of esters is 1. The van der Waals surface area contributed by atoms with E-state index in [2.05, 4.69) is 6.92 Å². The van der Waals surface area contributed by atoms with Crippen LogP contribution in [0, 0.1) is 0 Å². The van der Waals surface area contributed by atoms with Crippen LogP contribution in [0.3, 0.4) is 0 Å². The third-order valence-electron chi connectivity index (χ3n) is 3.65. The average molecular weight is 350 g/mol. The van der Waals surface area contributed by atoms with Gasteiger partial charge in [-0.3, -0.25) is 0 Å². The van der Waals surface area contributed by atoms with E-state index in [9.17, 15) is 14.7 Å². The summed E-state index contributed by atoms with van der Waals surface area (Å²) >= 11 is 0. The van der Waals surface area contributed by atoms with Gasteiger partial charge in [-0.25, -0.2) is 9.59 Å². The minimum atomic E-state index is -0.804. The maximum atomic E-state index is 12.1. The highest BCUT2D eigenvalue weighted by Crippen LogP contribution is 2.34. The van der Waals surface area contributed by atoms with E-state index in [1.807, 2.05) is 0 Å². The Morgan fingerprint density at radius 2 is 2.00 bits per heavy atom. The summed E-state index contributed by atoms with van der Waals surface area (Å²) in [6.45, 7) is 1.86. The molecule has 136 valence electrons. The maximum Gasteiger partial charge on any atom is 0.383 e. The Hall–Kier alpha value is -2.54. The van der Waals surface area contributed by atoms with Crippen LogP contribution in [0.1, 0.15) is 43.0 Å². The van der Waals surface area contributed by atoms with E-state index in [0.717, 1.165) is 25.7 Å². The van der Waals surface area contributed by atoms with Crippen molar-refractivity contribution in [2.24, 2.45) is 0 Å². The lowest BCUT2D eigenvalue weighted by molar-refractivity contribution is 0.0435. The van der Waals surface area contributed by atoms with Crippen molar-refractivity contribution >= 4 is 16.9 Å². The van der Waals surface area contributed by atoms with Gasteiger partial charge in [0, 0.05) is 0 Å². The molecular weight excluding hydrogens is 328 g/mol. The second-order valence-corrected chi connectivity index (χ2v) is 5.51. The second-order valence-electron chi connectivity index (χ2n) is 5.51. The van der Waals surface area contributed by atoms with Gasteiger partial charge in [-0.05, 0) is 18.6 Å². The molecule has 0 aliphatic carbocycles. The van der Waals surface area contributed by atoms with Crippen molar-refractivity contribution in [1.82, 2.24) is 0 Å². The molecule has 0 aliphatic heterocycles. The van der Waals surface area contributed by atoms with Gasteiger partial charge in [0.1, 0.15) is 12.2 Å². The predicted molar refractivity (Wildman–Crippen MR) is 91.2 cm³/mol. The summed E-state index contributed by atoms with van der Waals surface area (Å²) in [5, 5.41) is 19.3. The molecule has 1 aromatic heterocycles. The Bertz CT molecular complexity index is 779. The molecule has 7 nitrogen and oxygen atoms in total. The lowest BCUT2D eigenvalue weighted by Crippen LogP contribution is -2.12. The number of aliphatic hydroxyl groups excluding tert-OH is 1. The number of carbonyl (C=O) groups excluding carboxylic acids is 1. The molecule has 0 aliphatic rings. The molecule has 1 heterocycles. The van der Waals surface area contributed by atoms with Crippen molar-refractivity contribution < 1.29 is 28.9 Å². The first kappa shape index (κ1) is 18.8. The predicted octanol–water partition coefficient (Wildman–Crippen LogP) is 2.61. The van der Waals surface area contributed by atoms with Crippen molar-refractivity contribution in [3.8, 4) is 11.5 Å². The van der Waals surface area contributed by atoms with Crippen LogP contribution < -0.4 is 10.4 Å². The molecule has 0 spiro atoms. The monoisotopic (exact) mass is 350 g/mol. The highest BCUT2D eigenvalue weighted by molar-refractivity contribution is 6.06. The lowest BCUT2D eigenvalue weighted by Gasteiger charge is -2.11. The quantitative estimate of drug-likeness (QED) is 0.407. The third kappa shape index (κ3) is 4.51. The number of ether oxygens (including phenoxy) is 2. The molecule has 25 heavy (non-hydrogen) atoms. The van der Waals surface area contributed by atoms with E-state index in [0.29, 0.717) is 0 Å². The molecular formula is C18H22O7. The summed E-state index contributed by atoms with van der Waals surface area (Å²) in [4.78, 5) is 24.1. The zero-order valence-corrected chi connectivity index (χ0v) is 14.1. The Kier molecular flexibility index (Phi) is 6.82. The van der Waals surface area contributed by atoms with Gasteiger partial charge in [0.25, 0.3) is 0 Å². The summed E-state index contributed by atoms with van der Waals surface area (Å²) in [5.41, 5.74) is -0.719. The van der Waals surface area contributed by atoms with Gasteiger partial charge in [-0.15, -0.1) is 0 Å². The van der Waals surface area contributed by atoms with Crippen LogP contribution in [0.4, 0.5) is 0 Å². The fourth-order valence-corrected chi connectivity index (χ4v) is 2.43. The maximum absolute atomic E-state index is 12.1.